The summed E-state index contributed by atoms with van der Waals surface area (Å²) >= 11 is 0. The van der Waals surface area contributed by atoms with Crippen LogP contribution in [0.5, 0.6) is 0 Å². The van der Waals surface area contributed by atoms with Crippen molar-refractivity contribution in [1.82, 2.24) is 0 Å². The summed E-state index contributed by atoms with van der Waals surface area (Å²) in [7, 11) is 0. The van der Waals surface area contributed by atoms with Gasteiger partial charge in [0.05, 0.1) is 13.2 Å². The van der Waals surface area contributed by atoms with Gasteiger partial charge in [0, 0.05) is 9.35 Å². The molecule has 0 aromatic carbocycles. The molecule has 0 bridgehead atoms. The van der Waals surface area contributed by atoms with Gasteiger partial charge in [0.15, 0.2) is 0 Å². The molecule has 182 valence electrons. The maximum atomic E-state index is 11.2. The number of hydrogen-bond acceptors (Lipinski definition) is 6. The van der Waals surface area contributed by atoms with Crippen LogP contribution in [0.3, 0.4) is 0 Å². The van der Waals surface area contributed by atoms with Gasteiger partial charge in [-0.1, -0.05) is 97.3 Å². The first-order valence-electron chi connectivity index (χ1n) is 13.4. The number of hydrogen-bond donors (Lipinski definition) is 5. The third kappa shape index (κ3) is 12.6. The summed E-state index contributed by atoms with van der Waals surface area (Å²) in [5.74, 6) is 0. The maximum absolute atomic E-state index is 11.2. The fourth-order valence-electron chi connectivity index (χ4n) is 3.83. The Labute approximate surface area is 187 Å². The molecule has 30 heavy (non-hydrogen) atoms. The normalized spacial score (nSPS) is 17.8. The topological polar surface area (TPSA) is 110 Å². The minimum absolute atomic E-state index is 0.166. The van der Waals surface area contributed by atoms with Gasteiger partial charge in [0.25, 0.3) is 0 Å². The minimum atomic E-state index is -1.83. The van der Waals surface area contributed by atoms with Crippen LogP contribution in [-0.2, 0) is 4.74 Å². The summed E-state index contributed by atoms with van der Waals surface area (Å²) in [6.45, 7) is -0.00687. The van der Waals surface area contributed by atoms with Crippen molar-refractivity contribution in [2.75, 3.05) is 19.8 Å². The summed E-state index contributed by atoms with van der Waals surface area (Å²) in [6.07, 6.45) is 9.76. The van der Waals surface area contributed by atoms with Gasteiger partial charge in [-0.15, -0.1) is 0 Å². The minimum Gasteiger partial charge on any atom is -0.394 e. The lowest BCUT2D eigenvalue weighted by Gasteiger charge is -2.41. The second-order valence-corrected chi connectivity index (χ2v) is 8.43. The van der Waals surface area contributed by atoms with E-state index in [1.165, 1.54) is 0 Å². The average molecular weight is 437 g/mol. The van der Waals surface area contributed by atoms with Crippen molar-refractivity contribution in [1.29, 1.82) is 0 Å². The summed E-state index contributed by atoms with van der Waals surface area (Å²) in [4.78, 5) is 0. The molecule has 0 aliphatic rings. The van der Waals surface area contributed by atoms with Crippen LogP contribution in [-0.4, -0.2) is 69.3 Å². The summed E-state index contributed by atoms with van der Waals surface area (Å²) in [5.41, 5.74) is -1.83. The number of ether oxygens (including phenoxy) is 1. The molecule has 0 aromatic heterocycles. The number of unbranched alkanes of at least 4 members (excludes halogenated alkanes) is 12. The molecule has 0 radical (unpaired) electrons. The molecule has 0 heterocycles. The molecule has 0 fully saturated rings. The number of rotatable bonds is 22. The Morgan fingerprint density at radius 3 is 1.73 bits per heavy atom. The van der Waals surface area contributed by atoms with Crippen LogP contribution < -0.4 is 0 Å². The monoisotopic (exact) mass is 436 g/mol. The SMILES string of the molecule is [2H]CCCCCCCCCO[C@H]([C@H](O)CO)[C@@](O)(CCCCCCCCC[2H])[C@H](O)CO. The van der Waals surface area contributed by atoms with Gasteiger partial charge in [-0.25, -0.2) is 0 Å². The van der Waals surface area contributed by atoms with Crippen molar-refractivity contribution in [3.63, 3.8) is 0 Å². The van der Waals surface area contributed by atoms with E-state index >= 15 is 0 Å². The zero-order chi connectivity index (χ0) is 24.1. The molecule has 4 atom stereocenters. The highest BCUT2D eigenvalue weighted by Gasteiger charge is 2.46. The van der Waals surface area contributed by atoms with Crippen LogP contribution in [0.2, 0.25) is 0 Å². The molecule has 0 spiro atoms. The molecular formula is C24H50O6. The van der Waals surface area contributed by atoms with Crippen molar-refractivity contribution >= 4 is 0 Å². The van der Waals surface area contributed by atoms with E-state index in [4.69, 9.17) is 7.48 Å². The Bertz CT molecular complexity index is 405. The first-order chi connectivity index (χ1) is 15.5. The maximum Gasteiger partial charge on any atom is 0.121 e. The van der Waals surface area contributed by atoms with Gasteiger partial charge in [0.2, 0.25) is 0 Å². The lowest BCUT2D eigenvalue weighted by molar-refractivity contribution is -0.211. The lowest BCUT2D eigenvalue weighted by atomic mass is 9.82. The van der Waals surface area contributed by atoms with Crippen molar-refractivity contribution in [2.24, 2.45) is 0 Å². The highest BCUT2D eigenvalue weighted by atomic mass is 16.5. The Kier molecular flexibility index (Phi) is 16.9. The molecule has 0 saturated carbocycles. The number of aliphatic hydroxyl groups excluding tert-OH is 4. The Hall–Kier alpha value is -0.240. The standard InChI is InChI=1S/C24H50O6/c1-3-5-7-9-11-13-15-17-24(29,22(28)20-26)23(21(27)19-25)30-18-16-14-12-10-8-6-4-2/h21-23,25-29H,3-20H2,1-2H3/t21-,22-,23-,24-/m1/s1/i1D,2D. The predicted molar refractivity (Wildman–Crippen MR) is 121 cm³/mol. The van der Waals surface area contributed by atoms with E-state index < -0.39 is 37.1 Å². The van der Waals surface area contributed by atoms with Crippen molar-refractivity contribution in [2.45, 2.75) is 134 Å². The Morgan fingerprint density at radius 1 is 0.733 bits per heavy atom. The molecule has 5 N–H and O–H groups in total. The van der Waals surface area contributed by atoms with E-state index in [-0.39, 0.29) is 6.42 Å². The smallest absolute Gasteiger partial charge is 0.121 e. The molecule has 0 aliphatic heterocycles. The van der Waals surface area contributed by atoms with Crippen molar-refractivity contribution in [3.05, 3.63) is 0 Å². The zero-order valence-electron chi connectivity index (χ0n) is 21.0. The van der Waals surface area contributed by atoms with E-state index in [1.807, 2.05) is 0 Å². The van der Waals surface area contributed by atoms with Crippen LogP contribution in [0.25, 0.3) is 0 Å². The highest BCUT2D eigenvalue weighted by molar-refractivity contribution is 4.97. The second-order valence-electron chi connectivity index (χ2n) is 8.43. The molecular weight excluding hydrogens is 384 g/mol. The van der Waals surface area contributed by atoms with Crippen LogP contribution in [0.4, 0.5) is 0 Å². The van der Waals surface area contributed by atoms with E-state index in [0.29, 0.717) is 26.8 Å². The summed E-state index contributed by atoms with van der Waals surface area (Å²) in [5, 5.41) is 50.8. The largest absolute Gasteiger partial charge is 0.394 e. The fourth-order valence-corrected chi connectivity index (χ4v) is 3.83. The quantitative estimate of drug-likeness (QED) is 0.166. The van der Waals surface area contributed by atoms with Gasteiger partial charge in [-0.2, -0.15) is 0 Å². The molecule has 0 amide bonds. The van der Waals surface area contributed by atoms with E-state index in [0.717, 1.165) is 83.5 Å². The zero-order valence-corrected chi connectivity index (χ0v) is 19.0. The summed E-state index contributed by atoms with van der Waals surface area (Å²) < 4.78 is 20.1. The highest BCUT2D eigenvalue weighted by Crippen LogP contribution is 2.29. The van der Waals surface area contributed by atoms with Gasteiger partial charge in [0.1, 0.15) is 23.9 Å². The van der Waals surface area contributed by atoms with Gasteiger partial charge in [-0.05, 0) is 12.8 Å². The van der Waals surface area contributed by atoms with Crippen molar-refractivity contribution in [3.8, 4) is 0 Å². The van der Waals surface area contributed by atoms with E-state index in [1.54, 1.807) is 0 Å². The van der Waals surface area contributed by atoms with Crippen LogP contribution in [0.1, 0.15) is 113 Å². The van der Waals surface area contributed by atoms with E-state index in [9.17, 15) is 25.5 Å². The first kappa shape index (κ1) is 26.0. The second kappa shape index (κ2) is 19.4. The molecule has 0 aliphatic carbocycles. The molecule has 0 unspecified atom stereocenters. The fraction of sp³-hybridized carbons (Fsp3) is 1.00. The summed E-state index contributed by atoms with van der Waals surface area (Å²) in [6, 6.07) is 0. The molecule has 6 heteroatoms. The van der Waals surface area contributed by atoms with Gasteiger partial charge >= 0.3 is 0 Å². The first-order valence-corrected chi connectivity index (χ1v) is 12.0. The van der Waals surface area contributed by atoms with Crippen LogP contribution in [0, 0.1) is 0 Å². The van der Waals surface area contributed by atoms with Gasteiger partial charge < -0.3 is 30.3 Å². The molecule has 0 saturated heterocycles. The van der Waals surface area contributed by atoms with Crippen LogP contribution >= 0.6 is 0 Å². The molecule has 0 aromatic rings. The number of aliphatic hydroxyl groups is 5. The average Bonchev–Trinajstić information content (AvgIpc) is 2.80. The Morgan fingerprint density at radius 2 is 1.23 bits per heavy atom. The van der Waals surface area contributed by atoms with Gasteiger partial charge in [-0.3, -0.25) is 0 Å². The predicted octanol–water partition coefficient (Wildman–Crippen LogP) is 3.70. The van der Waals surface area contributed by atoms with Crippen LogP contribution in [0.15, 0.2) is 0 Å². The lowest BCUT2D eigenvalue weighted by Crippen LogP contribution is -2.59. The Balaban J connectivity index is 4.55. The molecule has 0 rings (SSSR count). The molecule has 6 nitrogen and oxygen atoms in total. The third-order valence-corrected chi connectivity index (χ3v) is 5.80. The van der Waals surface area contributed by atoms with E-state index in [2.05, 4.69) is 0 Å². The third-order valence-electron chi connectivity index (χ3n) is 5.80. The van der Waals surface area contributed by atoms with Crippen molar-refractivity contribution < 1.29 is 33.0 Å².